The van der Waals surface area contributed by atoms with Gasteiger partial charge in [-0.25, -0.2) is 9.59 Å². The second-order valence-electron chi connectivity index (χ2n) is 5.59. The van der Waals surface area contributed by atoms with Crippen LogP contribution < -0.4 is 0 Å². The van der Waals surface area contributed by atoms with Gasteiger partial charge in [-0.1, -0.05) is 49.2 Å². The molecule has 0 N–H and O–H groups in total. The van der Waals surface area contributed by atoms with Crippen molar-refractivity contribution in [2.24, 2.45) is 0 Å². The summed E-state index contributed by atoms with van der Waals surface area (Å²) in [6, 6.07) is 14.2. The van der Waals surface area contributed by atoms with E-state index < -0.39 is 5.97 Å². The molecule has 24 heavy (non-hydrogen) atoms. The first kappa shape index (κ1) is 17.7. The standard InChI is InChI=1S/C20H22O4/c1-3-4-13-23-20(22)18-8-6-5-7-17(18)14-24-19(21)16-11-9-15(2)10-12-16/h5-12H,3-4,13-14H2,1-2H3. The first-order chi connectivity index (χ1) is 11.6. The van der Waals surface area contributed by atoms with Crippen molar-refractivity contribution < 1.29 is 19.1 Å². The molecular formula is C20H22O4. The summed E-state index contributed by atoms with van der Waals surface area (Å²) >= 11 is 0. The van der Waals surface area contributed by atoms with Gasteiger partial charge in [0.2, 0.25) is 0 Å². The van der Waals surface area contributed by atoms with E-state index in [0.717, 1.165) is 18.4 Å². The zero-order valence-corrected chi connectivity index (χ0v) is 14.1. The van der Waals surface area contributed by atoms with Gasteiger partial charge in [0, 0.05) is 5.56 Å². The molecule has 0 amide bonds. The van der Waals surface area contributed by atoms with Crippen molar-refractivity contribution in [3.63, 3.8) is 0 Å². The van der Waals surface area contributed by atoms with Crippen LogP contribution in [0.2, 0.25) is 0 Å². The van der Waals surface area contributed by atoms with Gasteiger partial charge in [0.25, 0.3) is 0 Å². The summed E-state index contributed by atoms with van der Waals surface area (Å²) in [6.45, 7) is 4.42. The third-order valence-corrected chi connectivity index (χ3v) is 3.61. The Balaban J connectivity index is 2.00. The highest BCUT2D eigenvalue weighted by atomic mass is 16.5. The quantitative estimate of drug-likeness (QED) is 0.562. The molecule has 0 aliphatic heterocycles. The molecule has 0 atom stereocenters. The van der Waals surface area contributed by atoms with Crippen molar-refractivity contribution >= 4 is 11.9 Å². The molecule has 0 saturated carbocycles. The largest absolute Gasteiger partial charge is 0.462 e. The number of hydrogen-bond acceptors (Lipinski definition) is 4. The van der Waals surface area contributed by atoms with E-state index in [1.54, 1.807) is 36.4 Å². The van der Waals surface area contributed by atoms with E-state index in [1.165, 1.54) is 0 Å². The average molecular weight is 326 g/mol. The van der Waals surface area contributed by atoms with Crippen LogP contribution >= 0.6 is 0 Å². The van der Waals surface area contributed by atoms with Crippen LogP contribution in [-0.2, 0) is 16.1 Å². The smallest absolute Gasteiger partial charge is 0.338 e. The van der Waals surface area contributed by atoms with E-state index >= 15 is 0 Å². The molecule has 0 aromatic heterocycles. The van der Waals surface area contributed by atoms with Gasteiger partial charge in [-0.05, 0) is 31.5 Å². The monoisotopic (exact) mass is 326 g/mol. The maximum Gasteiger partial charge on any atom is 0.338 e. The lowest BCUT2D eigenvalue weighted by Gasteiger charge is -2.10. The minimum atomic E-state index is -0.413. The summed E-state index contributed by atoms with van der Waals surface area (Å²) in [7, 11) is 0. The lowest BCUT2D eigenvalue weighted by atomic mass is 10.1. The Kier molecular flexibility index (Phi) is 6.55. The summed E-state index contributed by atoms with van der Waals surface area (Å²) in [6.07, 6.45) is 1.79. The molecule has 2 aromatic rings. The second-order valence-corrected chi connectivity index (χ2v) is 5.59. The van der Waals surface area contributed by atoms with Crippen LogP contribution in [0.4, 0.5) is 0 Å². The molecule has 0 heterocycles. The molecule has 2 rings (SSSR count). The van der Waals surface area contributed by atoms with Crippen LogP contribution in [0.3, 0.4) is 0 Å². The van der Waals surface area contributed by atoms with Gasteiger partial charge in [0.15, 0.2) is 0 Å². The van der Waals surface area contributed by atoms with Crippen molar-refractivity contribution in [1.82, 2.24) is 0 Å². The third-order valence-electron chi connectivity index (χ3n) is 3.61. The molecule has 0 fully saturated rings. The number of carbonyl (C=O) groups excluding carboxylic acids is 2. The van der Waals surface area contributed by atoms with Gasteiger partial charge in [0.05, 0.1) is 17.7 Å². The van der Waals surface area contributed by atoms with Crippen molar-refractivity contribution in [2.75, 3.05) is 6.61 Å². The average Bonchev–Trinajstić information content (AvgIpc) is 2.60. The van der Waals surface area contributed by atoms with Crippen LogP contribution in [0.15, 0.2) is 48.5 Å². The van der Waals surface area contributed by atoms with E-state index in [1.807, 2.05) is 26.0 Å². The summed E-state index contributed by atoms with van der Waals surface area (Å²) < 4.78 is 10.6. The number of carbonyl (C=O) groups is 2. The Bertz CT molecular complexity index is 689. The van der Waals surface area contributed by atoms with Gasteiger partial charge in [0.1, 0.15) is 6.61 Å². The number of aryl methyl sites for hydroxylation is 1. The zero-order valence-electron chi connectivity index (χ0n) is 14.1. The highest BCUT2D eigenvalue weighted by Crippen LogP contribution is 2.14. The summed E-state index contributed by atoms with van der Waals surface area (Å²) in [4.78, 5) is 24.2. The Morgan fingerprint density at radius 3 is 2.33 bits per heavy atom. The van der Waals surface area contributed by atoms with E-state index in [0.29, 0.717) is 23.3 Å². The topological polar surface area (TPSA) is 52.6 Å². The first-order valence-corrected chi connectivity index (χ1v) is 8.10. The molecule has 4 nitrogen and oxygen atoms in total. The third kappa shape index (κ3) is 4.95. The van der Waals surface area contributed by atoms with E-state index in [-0.39, 0.29) is 12.6 Å². The lowest BCUT2D eigenvalue weighted by molar-refractivity contribution is 0.0442. The number of benzene rings is 2. The predicted octanol–water partition coefficient (Wildman–Crippen LogP) is 4.31. The molecule has 4 heteroatoms. The normalized spacial score (nSPS) is 10.2. The summed E-state index contributed by atoms with van der Waals surface area (Å²) in [5, 5.41) is 0. The molecule has 0 spiro atoms. The highest BCUT2D eigenvalue weighted by Gasteiger charge is 2.14. The molecule has 126 valence electrons. The molecule has 0 radical (unpaired) electrons. The van der Waals surface area contributed by atoms with E-state index in [4.69, 9.17) is 9.47 Å². The Morgan fingerprint density at radius 1 is 0.917 bits per heavy atom. The number of hydrogen-bond donors (Lipinski definition) is 0. The number of rotatable bonds is 7. The van der Waals surface area contributed by atoms with Gasteiger partial charge < -0.3 is 9.47 Å². The van der Waals surface area contributed by atoms with Crippen LogP contribution in [0.1, 0.15) is 51.6 Å². The fraction of sp³-hybridized carbons (Fsp3) is 0.300. The predicted molar refractivity (Wildman–Crippen MR) is 91.9 cm³/mol. The number of ether oxygens (including phenoxy) is 2. The second kappa shape index (κ2) is 8.87. The molecule has 0 aliphatic rings. The van der Waals surface area contributed by atoms with Gasteiger partial charge in [-0.15, -0.1) is 0 Å². The highest BCUT2D eigenvalue weighted by molar-refractivity contribution is 5.92. The molecule has 0 saturated heterocycles. The van der Waals surface area contributed by atoms with Crippen LogP contribution in [0.25, 0.3) is 0 Å². The first-order valence-electron chi connectivity index (χ1n) is 8.10. The van der Waals surface area contributed by atoms with E-state index in [9.17, 15) is 9.59 Å². The molecule has 0 aliphatic carbocycles. The van der Waals surface area contributed by atoms with E-state index in [2.05, 4.69) is 0 Å². The van der Waals surface area contributed by atoms with Crippen molar-refractivity contribution in [2.45, 2.75) is 33.3 Å². The van der Waals surface area contributed by atoms with Gasteiger partial charge in [-0.2, -0.15) is 0 Å². The summed E-state index contributed by atoms with van der Waals surface area (Å²) in [5.74, 6) is -0.797. The summed E-state index contributed by atoms with van der Waals surface area (Å²) in [5.41, 5.74) is 2.64. The zero-order chi connectivity index (χ0) is 17.4. The fourth-order valence-electron chi connectivity index (χ4n) is 2.15. The van der Waals surface area contributed by atoms with Crippen molar-refractivity contribution in [1.29, 1.82) is 0 Å². The van der Waals surface area contributed by atoms with Gasteiger partial charge in [-0.3, -0.25) is 0 Å². The Labute approximate surface area is 142 Å². The van der Waals surface area contributed by atoms with Crippen molar-refractivity contribution in [3.05, 3.63) is 70.8 Å². The van der Waals surface area contributed by atoms with Gasteiger partial charge >= 0.3 is 11.9 Å². The molecular weight excluding hydrogens is 304 g/mol. The lowest BCUT2D eigenvalue weighted by Crippen LogP contribution is -2.12. The maximum atomic E-state index is 12.1. The maximum absolute atomic E-state index is 12.1. The molecule has 2 aromatic carbocycles. The minimum Gasteiger partial charge on any atom is -0.462 e. The molecule has 0 unspecified atom stereocenters. The molecule has 0 bridgehead atoms. The minimum absolute atomic E-state index is 0.0335. The number of esters is 2. The Hall–Kier alpha value is -2.62. The SMILES string of the molecule is CCCCOC(=O)c1ccccc1COC(=O)c1ccc(C)cc1. The van der Waals surface area contributed by atoms with Crippen LogP contribution in [0, 0.1) is 6.92 Å². The van der Waals surface area contributed by atoms with Crippen molar-refractivity contribution in [3.8, 4) is 0 Å². The van der Waals surface area contributed by atoms with Crippen LogP contribution in [-0.4, -0.2) is 18.5 Å². The van der Waals surface area contributed by atoms with Crippen LogP contribution in [0.5, 0.6) is 0 Å². The number of unbranched alkanes of at least 4 members (excludes halogenated alkanes) is 1. The Morgan fingerprint density at radius 2 is 1.62 bits per heavy atom. The fourth-order valence-corrected chi connectivity index (χ4v) is 2.15.